The van der Waals surface area contributed by atoms with Gasteiger partial charge in [0.2, 0.25) is 0 Å². The van der Waals surface area contributed by atoms with Crippen molar-refractivity contribution in [3.8, 4) is 16.9 Å². The van der Waals surface area contributed by atoms with Crippen molar-refractivity contribution in [1.82, 2.24) is 14.5 Å². The first kappa shape index (κ1) is 27.4. The van der Waals surface area contributed by atoms with Crippen molar-refractivity contribution in [2.75, 3.05) is 4.90 Å². The second kappa shape index (κ2) is 10.9. The van der Waals surface area contributed by atoms with Crippen molar-refractivity contribution < 1.29 is 4.42 Å². The Balaban J connectivity index is 1.07. The van der Waals surface area contributed by atoms with E-state index in [1.165, 1.54) is 10.8 Å². The molecule has 5 heteroatoms. The fourth-order valence-electron chi connectivity index (χ4n) is 7.15. The summed E-state index contributed by atoms with van der Waals surface area (Å²) >= 11 is 0. The number of hydrogen-bond acceptors (Lipinski definition) is 4. The number of para-hydroxylation sites is 3. The van der Waals surface area contributed by atoms with Crippen LogP contribution in [0.1, 0.15) is 0 Å². The SMILES string of the molecule is c1ccc(N(c2ccc(-c3ccc4c(c3)c3ccccc3n4-c3ccc4cccnc4n3)cc2)c2ccc3oc4ccccc4c3c2)cc1. The Hall–Kier alpha value is -6.72. The van der Waals surface area contributed by atoms with Gasteiger partial charge in [-0.2, -0.15) is 0 Å². The zero-order valence-corrected chi connectivity index (χ0v) is 26.4. The first-order valence-electron chi connectivity index (χ1n) is 16.4. The maximum atomic E-state index is 6.14. The summed E-state index contributed by atoms with van der Waals surface area (Å²) in [7, 11) is 0. The van der Waals surface area contributed by atoms with Crippen LogP contribution in [-0.4, -0.2) is 14.5 Å². The molecule has 10 rings (SSSR count). The molecule has 0 aliphatic heterocycles. The van der Waals surface area contributed by atoms with Crippen LogP contribution in [0.25, 0.3) is 71.7 Å². The van der Waals surface area contributed by atoms with Crippen molar-refractivity contribution >= 4 is 71.8 Å². The van der Waals surface area contributed by atoms with Gasteiger partial charge in [-0.15, -0.1) is 0 Å². The number of benzene rings is 6. The quantitative estimate of drug-likeness (QED) is 0.190. The lowest BCUT2D eigenvalue weighted by atomic mass is 10.0. The summed E-state index contributed by atoms with van der Waals surface area (Å²) in [6, 6.07) is 57.4. The molecule has 0 amide bonds. The van der Waals surface area contributed by atoms with Crippen LogP contribution in [0.5, 0.6) is 0 Å². The highest BCUT2D eigenvalue weighted by Crippen LogP contribution is 2.40. The molecule has 0 N–H and O–H groups in total. The predicted octanol–water partition coefficient (Wildman–Crippen LogP) is 11.8. The van der Waals surface area contributed by atoms with Gasteiger partial charge < -0.3 is 9.32 Å². The first-order chi connectivity index (χ1) is 24.3. The summed E-state index contributed by atoms with van der Waals surface area (Å²) in [5.74, 6) is 0.858. The Kier molecular flexibility index (Phi) is 6.11. The lowest BCUT2D eigenvalue weighted by Crippen LogP contribution is -2.09. The van der Waals surface area contributed by atoms with Crippen molar-refractivity contribution in [1.29, 1.82) is 0 Å². The monoisotopic (exact) mass is 628 g/mol. The summed E-state index contributed by atoms with van der Waals surface area (Å²) in [6.45, 7) is 0. The lowest BCUT2D eigenvalue weighted by Gasteiger charge is -2.25. The van der Waals surface area contributed by atoms with Gasteiger partial charge in [-0.3, -0.25) is 4.57 Å². The highest BCUT2D eigenvalue weighted by molar-refractivity contribution is 6.10. The number of aromatic nitrogens is 3. The fourth-order valence-corrected chi connectivity index (χ4v) is 7.15. The topological polar surface area (TPSA) is 47.1 Å². The number of fused-ring (bicyclic) bond motifs is 7. The maximum absolute atomic E-state index is 6.14. The van der Waals surface area contributed by atoms with Gasteiger partial charge in [-0.1, -0.05) is 72.8 Å². The molecule has 0 bridgehead atoms. The van der Waals surface area contributed by atoms with E-state index in [1.54, 1.807) is 6.20 Å². The van der Waals surface area contributed by atoms with Gasteiger partial charge in [0.25, 0.3) is 0 Å². The third-order valence-electron chi connectivity index (χ3n) is 9.44. The fraction of sp³-hybridized carbons (Fsp3) is 0. The van der Waals surface area contributed by atoms with E-state index in [1.807, 2.05) is 24.3 Å². The van der Waals surface area contributed by atoms with Crippen LogP contribution in [0, 0.1) is 0 Å². The molecular weight excluding hydrogens is 601 g/mol. The molecule has 0 aliphatic carbocycles. The number of hydrogen-bond donors (Lipinski definition) is 0. The minimum Gasteiger partial charge on any atom is -0.456 e. The van der Waals surface area contributed by atoms with Crippen LogP contribution in [0.4, 0.5) is 17.1 Å². The van der Waals surface area contributed by atoms with E-state index in [4.69, 9.17) is 9.40 Å². The van der Waals surface area contributed by atoms with Crippen LogP contribution in [-0.2, 0) is 0 Å². The molecule has 0 saturated carbocycles. The predicted molar refractivity (Wildman–Crippen MR) is 201 cm³/mol. The Morgan fingerprint density at radius 2 is 1.18 bits per heavy atom. The van der Waals surface area contributed by atoms with Crippen LogP contribution in [0.15, 0.2) is 174 Å². The van der Waals surface area contributed by atoms with Gasteiger partial charge in [-0.05, 0) is 102 Å². The number of pyridine rings is 2. The first-order valence-corrected chi connectivity index (χ1v) is 16.4. The molecule has 4 aromatic heterocycles. The molecule has 49 heavy (non-hydrogen) atoms. The number of rotatable bonds is 5. The Morgan fingerprint density at radius 3 is 2.08 bits per heavy atom. The highest BCUT2D eigenvalue weighted by atomic mass is 16.3. The normalized spacial score (nSPS) is 11.7. The van der Waals surface area contributed by atoms with Gasteiger partial charge >= 0.3 is 0 Å². The number of furan rings is 1. The third kappa shape index (κ3) is 4.48. The Morgan fingerprint density at radius 1 is 0.469 bits per heavy atom. The van der Waals surface area contributed by atoms with Crippen LogP contribution in [0.2, 0.25) is 0 Å². The molecule has 10 aromatic rings. The third-order valence-corrected chi connectivity index (χ3v) is 9.44. The van der Waals surface area contributed by atoms with Crippen molar-refractivity contribution in [2.45, 2.75) is 0 Å². The van der Waals surface area contributed by atoms with E-state index in [0.29, 0.717) is 0 Å². The largest absolute Gasteiger partial charge is 0.456 e. The smallest absolute Gasteiger partial charge is 0.161 e. The van der Waals surface area contributed by atoms with Gasteiger partial charge in [0.05, 0.1) is 11.0 Å². The molecular formula is C44H28N4O. The molecule has 4 heterocycles. The summed E-state index contributed by atoms with van der Waals surface area (Å²) in [5.41, 5.74) is 10.3. The van der Waals surface area contributed by atoms with Gasteiger partial charge in [0.1, 0.15) is 17.0 Å². The van der Waals surface area contributed by atoms with E-state index in [2.05, 4.69) is 154 Å². The van der Waals surface area contributed by atoms with Gasteiger partial charge in [0, 0.05) is 50.2 Å². The van der Waals surface area contributed by atoms with E-state index in [9.17, 15) is 0 Å². The summed E-state index contributed by atoms with van der Waals surface area (Å²) in [6.07, 6.45) is 1.79. The standard InChI is InChI=1S/C44H28N4O/c1-2-10-32(11-3-1)47(34-22-24-42-38(28-34)36-13-5-7-15-41(36)49-42)33-20-16-29(17-21-33)31-18-23-40-37(27-31)35-12-4-6-14-39(35)48(40)43-25-19-30-9-8-26-45-44(30)46-43/h1-28H. The second-order valence-corrected chi connectivity index (χ2v) is 12.3. The number of nitrogens with zero attached hydrogens (tertiary/aromatic N) is 4. The summed E-state index contributed by atoms with van der Waals surface area (Å²) < 4.78 is 8.38. The van der Waals surface area contributed by atoms with Crippen molar-refractivity contribution in [3.05, 3.63) is 170 Å². The van der Waals surface area contributed by atoms with Crippen LogP contribution < -0.4 is 4.90 Å². The molecule has 0 unspecified atom stereocenters. The average molecular weight is 629 g/mol. The van der Waals surface area contributed by atoms with E-state index in [-0.39, 0.29) is 0 Å². The molecule has 0 spiro atoms. The molecule has 0 radical (unpaired) electrons. The van der Waals surface area contributed by atoms with E-state index >= 15 is 0 Å². The zero-order valence-electron chi connectivity index (χ0n) is 26.4. The molecule has 230 valence electrons. The van der Waals surface area contributed by atoms with E-state index < -0.39 is 0 Å². The van der Waals surface area contributed by atoms with Gasteiger partial charge in [0.15, 0.2) is 5.65 Å². The minimum atomic E-state index is 0.741. The van der Waals surface area contributed by atoms with E-state index in [0.717, 1.165) is 78.0 Å². The molecule has 5 nitrogen and oxygen atoms in total. The van der Waals surface area contributed by atoms with Crippen LogP contribution in [0.3, 0.4) is 0 Å². The summed E-state index contributed by atoms with van der Waals surface area (Å²) in [5, 5.41) is 5.63. The van der Waals surface area contributed by atoms with Crippen molar-refractivity contribution in [2.24, 2.45) is 0 Å². The van der Waals surface area contributed by atoms with Crippen LogP contribution >= 0.6 is 0 Å². The summed E-state index contributed by atoms with van der Waals surface area (Å²) in [4.78, 5) is 11.8. The highest BCUT2D eigenvalue weighted by Gasteiger charge is 2.17. The Bertz CT molecular complexity index is 2830. The lowest BCUT2D eigenvalue weighted by molar-refractivity contribution is 0.669. The molecule has 0 fully saturated rings. The Labute approximate surface area is 281 Å². The maximum Gasteiger partial charge on any atom is 0.161 e. The molecule has 0 aliphatic rings. The zero-order chi connectivity index (χ0) is 32.3. The molecule has 6 aromatic carbocycles. The average Bonchev–Trinajstić information content (AvgIpc) is 3.71. The van der Waals surface area contributed by atoms with Crippen molar-refractivity contribution in [3.63, 3.8) is 0 Å². The van der Waals surface area contributed by atoms with Gasteiger partial charge in [-0.25, -0.2) is 9.97 Å². The number of anilines is 3. The minimum absolute atomic E-state index is 0.741. The second-order valence-electron chi connectivity index (χ2n) is 12.3. The molecule has 0 saturated heterocycles. The molecule has 0 atom stereocenters.